The quantitative estimate of drug-likeness (QED) is 0.606. The Morgan fingerprint density at radius 3 is 2.84 bits per heavy atom. The van der Waals surface area contributed by atoms with Gasteiger partial charge in [-0.2, -0.15) is 13.2 Å². The van der Waals surface area contributed by atoms with Crippen LogP contribution in [0, 0.1) is 5.82 Å². The lowest BCUT2D eigenvalue weighted by molar-refractivity contribution is -0.0329. The number of rotatable bonds is 3. The monoisotopic (exact) mass is 388 g/mol. The second-order valence-electron chi connectivity index (χ2n) is 5.23. The molecule has 0 bridgehead atoms. The molecule has 0 saturated heterocycles. The predicted molar refractivity (Wildman–Crippen MR) is 88.1 cm³/mol. The molecular weight excluding hydrogens is 376 g/mol. The molecule has 1 unspecified atom stereocenters. The van der Waals surface area contributed by atoms with Crippen molar-refractivity contribution in [2.24, 2.45) is 0 Å². The number of alkyl halides is 3. The highest BCUT2D eigenvalue weighted by Gasteiger charge is 2.33. The number of fused-ring (bicyclic) bond motifs is 1. The fraction of sp³-hybridized carbons (Fsp3) is 0.250. The molecule has 0 aliphatic carbocycles. The minimum atomic E-state index is -4.54. The molecule has 0 spiro atoms. The van der Waals surface area contributed by atoms with Crippen LogP contribution in [0.4, 0.5) is 17.6 Å². The van der Waals surface area contributed by atoms with Crippen LogP contribution < -0.4 is 5.32 Å². The van der Waals surface area contributed by atoms with E-state index in [2.05, 4.69) is 10.3 Å². The second-order valence-corrected chi connectivity index (χ2v) is 7.38. The molecule has 3 rings (SSSR count). The second kappa shape index (κ2) is 7.25. The number of amides is 1. The van der Waals surface area contributed by atoms with Gasteiger partial charge < -0.3 is 5.32 Å². The van der Waals surface area contributed by atoms with Gasteiger partial charge in [-0.15, -0.1) is 11.8 Å². The third-order valence-electron chi connectivity index (χ3n) is 3.56. The molecule has 9 heteroatoms. The third-order valence-corrected chi connectivity index (χ3v) is 5.47. The van der Waals surface area contributed by atoms with E-state index >= 15 is 0 Å². The maximum absolute atomic E-state index is 13.9. The number of nitrogens with zero attached hydrogens (tertiary/aromatic N) is 1. The maximum Gasteiger partial charge on any atom is 0.447 e. The zero-order valence-corrected chi connectivity index (χ0v) is 14.3. The lowest BCUT2D eigenvalue weighted by Gasteiger charge is -2.26. The average Bonchev–Trinajstić information content (AvgIpc) is 2.55. The summed E-state index contributed by atoms with van der Waals surface area (Å²) < 4.78 is 51.8. The summed E-state index contributed by atoms with van der Waals surface area (Å²) in [6.07, 6.45) is 1.77. The van der Waals surface area contributed by atoms with E-state index in [-0.39, 0.29) is 11.4 Å². The normalized spacial score (nSPS) is 17.0. The number of carbonyl (C=O) groups excluding carboxylic acids is 1. The lowest BCUT2D eigenvalue weighted by Crippen LogP contribution is -2.31. The number of pyridine rings is 1. The van der Waals surface area contributed by atoms with Gasteiger partial charge >= 0.3 is 5.51 Å². The molecule has 25 heavy (non-hydrogen) atoms. The zero-order valence-electron chi connectivity index (χ0n) is 12.6. The van der Waals surface area contributed by atoms with E-state index in [0.717, 1.165) is 0 Å². The van der Waals surface area contributed by atoms with E-state index in [9.17, 15) is 22.4 Å². The lowest BCUT2D eigenvalue weighted by atomic mass is 10.0. The number of hydrogen-bond acceptors (Lipinski definition) is 4. The first-order valence-corrected chi connectivity index (χ1v) is 9.08. The molecule has 132 valence electrons. The topological polar surface area (TPSA) is 42.0 Å². The van der Waals surface area contributed by atoms with Crippen LogP contribution in [-0.2, 0) is 0 Å². The Labute approximate surface area is 149 Å². The van der Waals surface area contributed by atoms with Crippen LogP contribution in [0.25, 0.3) is 0 Å². The summed E-state index contributed by atoms with van der Waals surface area (Å²) in [5, 5.41) is 2.30. The van der Waals surface area contributed by atoms with E-state index in [0.29, 0.717) is 22.6 Å². The number of nitrogens with one attached hydrogen (secondary N) is 1. The number of benzene rings is 1. The van der Waals surface area contributed by atoms with Crippen molar-refractivity contribution in [3.8, 4) is 0 Å². The molecule has 1 aliphatic rings. The van der Waals surface area contributed by atoms with Crippen molar-refractivity contribution in [3.05, 3.63) is 53.5 Å². The minimum Gasteiger partial charge on any atom is -0.345 e. The van der Waals surface area contributed by atoms with Crippen LogP contribution >= 0.6 is 23.5 Å². The van der Waals surface area contributed by atoms with Gasteiger partial charge in [0.2, 0.25) is 0 Å². The largest absolute Gasteiger partial charge is 0.447 e. The minimum absolute atomic E-state index is 0.152. The molecule has 1 atom stereocenters. The fourth-order valence-electron chi connectivity index (χ4n) is 2.53. The van der Waals surface area contributed by atoms with Gasteiger partial charge in [-0.25, -0.2) is 9.37 Å². The summed E-state index contributed by atoms with van der Waals surface area (Å²) in [4.78, 5) is 16.6. The van der Waals surface area contributed by atoms with Gasteiger partial charge in [0.05, 0.1) is 11.6 Å². The number of carbonyl (C=O) groups is 1. The van der Waals surface area contributed by atoms with Crippen molar-refractivity contribution in [1.29, 1.82) is 0 Å². The molecule has 0 saturated carbocycles. The van der Waals surface area contributed by atoms with Crippen molar-refractivity contribution in [1.82, 2.24) is 10.3 Å². The Kier molecular flexibility index (Phi) is 5.24. The van der Waals surface area contributed by atoms with Gasteiger partial charge in [0, 0.05) is 28.6 Å². The molecule has 2 heterocycles. The summed E-state index contributed by atoms with van der Waals surface area (Å²) in [6, 6.07) is 6.84. The smallest absolute Gasteiger partial charge is 0.345 e. The Hall–Kier alpha value is -1.74. The Bertz CT molecular complexity index is 798. The molecule has 1 aromatic heterocycles. The zero-order chi connectivity index (χ0) is 18.0. The van der Waals surface area contributed by atoms with Gasteiger partial charge in [-0.3, -0.25) is 4.79 Å². The molecule has 1 aliphatic heterocycles. The van der Waals surface area contributed by atoms with Crippen LogP contribution in [0.15, 0.2) is 46.5 Å². The van der Waals surface area contributed by atoms with E-state index in [1.807, 2.05) is 0 Å². The van der Waals surface area contributed by atoms with Gasteiger partial charge in [-0.1, -0.05) is 12.1 Å². The summed E-state index contributed by atoms with van der Waals surface area (Å²) >= 11 is 0.931. The Morgan fingerprint density at radius 2 is 2.08 bits per heavy atom. The molecular formula is C16H12F4N2OS2. The van der Waals surface area contributed by atoms with E-state index in [1.165, 1.54) is 36.2 Å². The van der Waals surface area contributed by atoms with Crippen molar-refractivity contribution < 1.29 is 22.4 Å². The van der Waals surface area contributed by atoms with Gasteiger partial charge in [0.1, 0.15) is 10.8 Å². The van der Waals surface area contributed by atoms with Gasteiger partial charge in [0.25, 0.3) is 5.91 Å². The molecule has 0 fully saturated rings. The van der Waals surface area contributed by atoms with E-state index in [1.54, 1.807) is 12.1 Å². The van der Waals surface area contributed by atoms with Crippen LogP contribution in [0.5, 0.6) is 0 Å². The first-order valence-electron chi connectivity index (χ1n) is 7.28. The molecule has 1 aromatic carbocycles. The highest BCUT2D eigenvalue weighted by molar-refractivity contribution is 8.00. The van der Waals surface area contributed by atoms with Crippen molar-refractivity contribution in [2.45, 2.75) is 27.9 Å². The third kappa shape index (κ3) is 4.27. The van der Waals surface area contributed by atoms with Crippen LogP contribution in [-0.4, -0.2) is 22.2 Å². The first-order chi connectivity index (χ1) is 11.8. The summed E-state index contributed by atoms with van der Waals surface area (Å²) in [5.74, 6) is -0.418. The molecule has 3 nitrogen and oxygen atoms in total. The number of thioether (sulfide) groups is 2. The standard InChI is InChI=1S/C16H12F4N2OS2/c17-11-5-1-3-9-12(6-8-24-13(9)11)22-14(23)10-4-2-7-21-15(10)25-16(18,19)20/h1-5,7,12H,6,8H2,(H,22,23). The van der Waals surface area contributed by atoms with Crippen molar-refractivity contribution >= 4 is 29.4 Å². The summed E-state index contributed by atoms with van der Waals surface area (Å²) in [6.45, 7) is 0. The SMILES string of the molecule is O=C(NC1CCSc2c(F)cccc21)c1cccnc1SC(F)(F)F. The van der Waals surface area contributed by atoms with E-state index in [4.69, 9.17) is 0 Å². The average molecular weight is 388 g/mol. The number of halogens is 4. The van der Waals surface area contributed by atoms with Crippen LogP contribution in [0.3, 0.4) is 0 Å². The molecule has 1 amide bonds. The fourth-order valence-corrected chi connectivity index (χ4v) is 4.27. The maximum atomic E-state index is 13.9. The number of hydrogen-bond donors (Lipinski definition) is 1. The van der Waals surface area contributed by atoms with Gasteiger partial charge in [0.15, 0.2) is 0 Å². The van der Waals surface area contributed by atoms with Crippen LogP contribution in [0.2, 0.25) is 0 Å². The van der Waals surface area contributed by atoms with Crippen LogP contribution in [0.1, 0.15) is 28.4 Å². The highest BCUT2D eigenvalue weighted by Crippen LogP contribution is 2.39. The highest BCUT2D eigenvalue weighted by atomic mass is 32.2. The van der Waals surface area contributed by atoms with E-state index < -0.39 is 34.2 Å². The Morgan fingerprint density at radius 1 is 1.28 bits per heavy atom. The summed E-state index contributed by atoms with van der Waals surface area (Å²) in [5.41, 5.74) is -4.06. The van der Waals surface area contributed by atoms with Crippen molar-refractivity contribution in [2.75, 3.05) is 5.75 Å². The van der Waals surface area contributed by atoms with Crippen molar-refractivity contribution in [3.63, 3.8) is 0 Å². The summed E-state index contributed by atoms with van der Waals surface area (Å²) in [7, 11) is 0. The number of aromatic nitrogens is 1. The first kappa shape index (κ1) is 18.1. The molecule has 0 radical (unpaired) electrons. The Balaban J connectivity index is 1.84. The molecule has 1 N–H and O–H groups in total. The van der Waals surface area contributed by atoms with Gasteiger partial charge in [-0.05, 0) is 30.2 Å². The molecule has 2 aromatic rings. The predicted octanol–water partition coefficient (Wildman–Crippen LogP) is 4.80.